The summed E-state index contributed by atoms with van der Waals surface area (Å²) >= 11 is 0. The molecule has 1 saturated heterocycles. The Morgan fingerprint density at radius 2 is 1.90 bits per heavy atom. The van der Waals surface area contributed by atoms with Crippen LogP contribution in [0.5, 0.6) is 5.75 Å². The molecule has 0 bridgehead atoms. The van der Waals surface area contributed by atoms with E-state index >= 15 is 0 Å². The van der Waals surface area contributed by atoms with Crippen molar-refractivity contribution in [2.24, 2.45) is 5.92 Å². The van der Waals surface area contributed by atoms with Crippen LogP contribution in [0.15, 0.2) is 50.2 Å². The summed E-state index contributed by atoms with van der Waals surface area (Å²) in [5.74, 6) is 0.963. The lowest BCUT2D eigenvalue weighted by Gasteiger charge is -2.47. The molecule has 204 valence electrons. The Hall–Kier alpha value is -3.58. The first kappa shape index (κ1) is 25.7. The Balaban J connectivity index is 1.29. The molecule has 1 aliphatic heterocycles. The number of amides is 1. The Kier molecular flexibility index (Phi) is 6.50. The molecule has 2 fully saturated rings. The van der Waals surface area contributed by atoms with Gasteiger partial charge < -0.3 is 23.6 Å². The number of methoxy groups -OCH3 is 1. The first-order chi connectivity index (χ1) is 18.8. The van der Waals surface area contributed by atoms with E-state index in [9.17, 15) is 14.7 Å². The van der Waals surface area contributed by atoms with Crippen LogP contribution in [0.1, 0.15) is 55.2 Å². The summed E-state index contributed by atoms with van der Waals surface area (Å²) in [6.07, 6.45) is 6.90. The summed E-state index contributed by atoms with van der Waals surface area (Å²) in [6, 6.07) is 9.84. The Morgan fingerprint density at radius 3 is 2.67 bits per heavy atom. The van der Waals surface area contributed by atoms with E-state index in [0.29, 0.717) is 42.7 Å². The zero-order valence-electron chi connectivity index (χ0n) is 22.8. The molecule has 2 aliphatic rings. The summed E-state index contributed by atoms with van der Waals surface area (Å²) < 4.78 is 17.1. The largest absolute Gasteiger partial charge is 0.497 e. The van der Waals surface area contributed by atoms with Gasteiger partial charge in [0.15, 0.2) is 0 Å². The van der Waals surface area contributed by atoms with Crippen LogP contribution in [0, 0.1) is 19.8 Å². The summed E-state index contributed by atoms with van der Waals surface area (Å²) in [5, 5.41) is 12.8. The third-order valence-electron chi connectivity index (χ3n) is 9.11. The SMILES string of the molecule is COc1ccc(-c2coc3c(C)c4oc(=O)c(CCC(=O)N5CCC6(O)CCCCC6C5)c(C)c4cc23)cc1. The molecule has 0 radical (unpaired) electrons. The molecular weight excluding hydrogens is 494 g/mol. The van der Waals surface area contributed by atoms with E-state index in [4.69, 9.17) is 13.6 Å². The number of aliphatic hydroxyl groups is 1. The summed E-state index contributed by atoms with van der Waals surface area (Å²) in [5.41, 5.74) is 4.28. The first-order valence-electron chi connectivity index (χ1n) is 13.9. The Bertz CT molecular complexity index is 1610. The number of rotatable bonds is 5. The maximum absolute atomic E-state index is 13.2. The molecule has 7 nitrogen and oxygen atoms in total. The Labute approximate surface area is 227 Å². The van der Waals surface area contributed by atoms with Crippen molar-refractivity contribution in [3.63, 3.8) is 0 Å². The third-order valence-corrected chi connectivity index (χ3v) is 9.11. The standard InChI is InChI=1S/C32H35NO6/c1-19-24(11-12-28(34)33-15-14-32(36)13-5-4-6-22(32)17-33)31(35)39-30-20(2)29-26(16-25(19)30)27(18-38-29)21-7-9-23(37-3)10-8-21/h7-10,16,18,22,36H,4-6,11-15,17H2,1-3H3. The number of nitrogens with zero attached hydrogens (tertiary/aromatic N) is 1. The minimum absolute atomic E-state index is 0.0322. The lowest BCUT2D eigenvalue weighted by atomic mass is 9.71. The first-order valence-corrected chi connectivity index (χ1v) is 13.9. The highest BCUT2D eigenvalue weighted by Crippen LogP contribution is 2.40. The van der Waals surface area contributed by atoms with Gasteiger partial charge in [-0.05, 0) is 68.9 Å². The van der Waals surface area contributed by atoms with Crippen LogP contribution in [0.25, 0.3) is 33.1 Å². The highest BCUT2D eigenvalue weighted by molar-refractivity contribution is 6.05. The third kappa shape index (κ3) is 4.42. The van der Waals surface area contributed by atoms with Gasteiger partial charge in [-0.3, -0.25) is 4.79 Å². The molecule has 1 N–H and O–H groups in total. The van der Waals surface area contributed by atoms with Gasteiger partial charge >= 0.3 is 5.63 Å². The normalized spacial score (nSPS) is 21.3. The van der Waals surface area contributed by atoms with Crippen molar-refractivity contribution in [1.82, 2.24) is 4.90 Å². The number of carbonyl (C=O) groups is 1. The second kappa shape index (κ2) is 9.87. The number of furan rings is 1. The maximum Gasteiger partial charge on any atom is 0.339 e. The molecule has 1 saturated carbocycles. The van der Waals surface area contributed by atoms with Crippen molar-refractivity contribution in [3.8, 4) is 16.9 Å². The van der Waals surface area contributed by atoms with E-state index in [-0.39, 0.29) is 18.2 Å². The maximum atomic E-state index is 13.2. The molecule has 4 aromatic rings. The van der Waals surface area contributed by atoms with Crippen LogP contribution >= 0.6 is 0 Å². The van der Waals surface area contributed by atoms with Crippen molar-refractivity contribution >= 4 is 27.8 Å². The van der Waals surface area contributed by atoms with Gasteiger partial charge in [-0.1, -0.05) is 25.0 Å². The number of hydrogen-bond acceptors (Lipinski definition) is 6. The predicted octanol–water partition coefficient (Wildman–Crippen LogP) is 5.92. The summed E-state index contributed by atoms with van der Waals surface area (Å²) in [6.45, 7) is 5.01. The molecule has 1 aliphatic carbocycles. The molecule has 6 rings (SSSR count). The van der Waals surface area contributed by atoms with Gasteiger partial charge in [0.05, 0.1) is 19.0 Å². The average Bonchev–Trinajstić information content (AvgIpc) is 3.37. The summed E-state index contributed by atoms with van der Waals surface area (Å²) in [7, 11) is 1.64. The van der Waals surface area contributed by atoms with Crippen molar-refractivity contribution in [3.05, 3.63) is 63.7 Å². The summed E-state index contributed by atoms with van der Waals surface area (Å²) in [4.78, 5) is 28.1. The fourth-order valence-electron chi connectivity index (χ4n) is 6.67. The van der Waals surface area contributed by atoms with E-state index in [2.05, 4.69) is 0 Å². The van der Waals surface area contributed by atoms with Crippen LogP contribution < -0.4 is 10.4 Å². The Morgan fingerprint density at radius 1 is 1.10 bits per heavy atom. The quantitative estimate of drug-likeness (QED) is 0.323. The van der Waals surface area contributed by atoms with Gasteiger partial charge in [-0.25, -0.2) is 4.79 Å². The van der Waals surface area contributed by atoms with E-state index in [0.717, 1.165) is 64.5 Å². The van der Waals surface area contributed by atoms with Gasteiger partial charge in [0.2, 0.25) is 5.91 Å². The fraction of sp³-hybridized carbons (Fsp3) is 0.438. The fourth-order valence-corrected chi connectivity index (χ4v) is 6.67. The predicted molar refractivity (Wildman–Crippen MR) is 150 cm³/mol. The molecule has 2 aromatic heterocycles. The van der Waals surface area contributed by atoms with Crippen LogP contribution in [0.4, 0.5) is 0 Å². The van der Waals surface area contributed by atoms with E-state index < -0.39 is 11.2 Å². The van der Waals surface area contributed by atoms with Gasteiger partial charge in [-0.2, -0.15) is 0 Å². The zero-order valence-corrected chi connectivity index (χ0v) is 22.8. The monoisotopic (exact) mass is 529 g/mol. The number of likely N-dealkylation sites (tertiary alicyclic amines) is 1. The molecule has 2 atom stereocenters. The number of piperidine rings is 1. The molecule has 3 heterocycles. The van der Waals surface area contributed by atoms with Crippen LogP contribution in [0.2, 0.25) is 0 Å². The molecule has 0 spiro atoms. The van der Waals surface area contributed by atoms with E-state index in [1.807, 2.05) is 49.1 Å². The number of carbonyl (C=O) groups excluding carboxylic acids is 1. The van der Waals surface area contributed by atoms with Crippen LogP contribution in [-0.4, -0.2) is 41.7 Å². The number of aryl methyl sites for hydroxylation is 2. The number of ether oxygens (including phenoxy) is 1. The van der Waals surface area contributed by atoms with Crippen LogP contribution in [0.3, 0.4) is 0 Å². The van der Waals surface area contributed by atoms with E-state index in [1.54, 1.807) is 13.4 Å². The minimum Gasteiger partial charge on any atom is -0.497 e. The zero-order chi connectivity index (χ0) is 27.3. The van der Waals surface area contributed by atoms with Crippen molar-refractivity contribution in [2.45, 2.75) is 64.4 Å². The molecule has 2 aromatic carbocycles. The van der Waals surface area contributed by atoms with Crippen molar-refractivity contribution in [1.29, 1.82) is 0 Å². The molecule has 7 heteroatoms. The topological polar surface area (TPSA) is 93.1 Å². The number of benzene rings is 2. The molecular formula is C32H35NO6. The molecule has 39 heavy (non-hydrogen) atoms. The lowest BCUT2D eigenvalue weighted by Crippen LogP contribution is -2.54. The van der Waals surface area contributed by atoms with Crippen molar-refractivity contribution in [2.75, 3.05) is 20.2 Å². The second-order valence-corrected chi connectivity index (χ2v) is 11.3. The number of hydrogen-bond donors (Lipinski definition) is 1. The smallest absolute Gasteiger partial charge is 0.339 e. The highest BCUT2D eigenvalue weighted by atomic mass is 16.5. The highest BCUT2D eigenvalue weighted by Gasteiger charge is 2.43. The van der Waals surface area contributed by atoms with E-state index in [1.165, 1.54) is 0 Å². The molecule has 1 amide bonds. The van der Waals surface area contributed by atoms with Crippen LogP contribution in [-0.2, 0) is 11.2 Å². The van der Waals surface area contributed by atoms with Gasteiger partial charge in [0.25, 0.3) is 0 Å². The van der Waals surface area contributed by atoms with Gasteiger partial charge in [0.1, 0.15) is 16.9 Å². The van der Waals surface area contributed by atoms with Gasteiger partial charge in [0, 0.05) is 52.9 Å². The average molecular weight is 530 g/mol. The lowest BCUT2D eigenvalue weighted by molar-refractivity contribution is -0.143. The second-order valence-electron chi connectivity index (χ2n) is 11.3. The van der Waals surface area contributed by atoms with Gasteiger partial charge in [-0.15, -0.1) is 0 Å². The van der Waals surface area contributed by atoms with Crippen molar-refractivity contribution < 1.29 is 23.5 Å². The molecule has 2 unspecified atom stereocenters. The number of fused-ring (bicyclic) bond motifs is 3. The minimum atomic E-state index is -0.619.